The predicted octanol–water partition coefficient (Wildman–Crippen LogP) is 2.54. The van der Waals surface area contributed by atoms with Gasteiger partial charge in [0.2, 0.25) is 10.0 Å². The molecule has 3 rings (SSSR count). The lowest BCUT2D eigenvalue weighted by Gasteiger charge is -2.26. The first-order valence-electron chi connectivity index (χ1n) is 6.44. The molecule has 6 heteroatoms. The summed E-state index contributed by atoms with van der Waals surface area (Å²) in [6.07, 6.45) is 0.806. The van der Waals surface area contributed by atoms with Gasteiger partial charge >= 0.3 is 0 Å². The van der Waals surface area contributed by atoms with Crippen molar-refractivity contribution in [2.75, 3.05) is 18.9 Å². The summed E-state index contributed by atoms with van der Waals surface area (Å²) in [5.41, 5.74) is 2.04. The fraction of sp³-hybridized carbons (Fsp3) is 0.286. The SMILES string of the molecule is CNc1ccc(S(=O)(=O)N2CCc3sccc3C2)cc1. The topological polar surface area (TPSA) is 49.4 Å². The largest absolute Gasteiger partial charge is 0.388 e. The molecule has 0 amide bonds. The minimum atomic E-state index is -3.40. The molecule has 1 aliphatic rings. The van der Waals surface area contributed by atoms with Crippen molar-refractivity contribution in [3.05, 3.63) is 46.2 Å². The van der Waals surface area contributed by atoms with Crippen LogP contribution in [0.5, 0.6) is 0 Å². The number of hydrogen-bond donors (Lipinski definition) is 1. The van der Waals surface area contributed by atoms with E-state index in [0.29, 0.717) is 18.0 Å². The van der Waals surface area contributed by atoms with Crippen LogP contribution in [0.15, 0.2) is 40.6 Å². The van der Waals surface area contributed by atoms with Crippen molar-refractivity contribution in [3.63, 3.8) is 0 Å². The Morgan fingerprint density at radius 1 is 1.20 bits per heavy atom. The summed E-state index contributed by atoms with van der Waals surface area (Å²) in [5.74, 6) is 0. The van der Waals surface area contributed by atoms with Gasteiger partial charge in [0.05, 0.1) is 4.90 Å². The molecule has 106 valence electrons. The monoisotopic (exact) mass is 308 g/mol. The van der Waals surface area contributed by atoms with Crippen molar-refractivity contribution in [1.29, 1.82) is 0 Å². The van der Waals surface area contributed by atoms with Crippen LogP contribution in [0.1, 0.15) is 10.4 Å². The number of anilines is 1. The van der Waals surface area contributed by atoms with Crippen LogP contribution in [0.4, 0.5) is 5.69 Å². The number of benzene rings is 1. The quantitative estimate of drug-likeness (QED) is 0.948. The van der Waals surface area contributed by atoms with E-state index < -0.39 is 10.0 Å². The summed E-state index contributed by atoms with van der Waals surface area (Å²) in [5, 5.41) is 5.02. The molecule has 0 radical (unpaired) electrons. The maximum absolute atomic E-state index is 12.6. The van der Waals surface area contributed by atoms with Gasteiger partial charge in [-0.25, -0.2) is 8.42 Å². The Kier molecular flexibility index (Phi) is 3.54. The van der Waals surface area contributed by atoms with E-state index in [9.17, 15) is 8.42 Å². The second-order valence-corrected chi connectivity index (χ2v) is 7.67. The molecule has 2 aromatic rings. The van der Waals surface area contributed by atoms with Crippen LogP contribution in [-0.2, 0) is 23.0 Å². The molecule has 0 saturated carbocycles. The number of nitrogens with one attached hydrogen (secondary N) is 1. The number of hydrogen-bond acceptors (Lipinski definition) is 4. The molecule has 2 heterocycles. The van der Waals surface area contributed by atoms with Crippen molar-refractivity contribution >= 4 is 27.0 Å². The van der Waals surface area contributed by atoms with Crippen molar-refractivity contribution in [1.82, 2.24) is 4.31 Å². The van der Waals surface area contributed by atoms with Crippen LogP contribution in [0.25, 0.3) is 0 Å². The van der Waals surface area contributed by atoms with Gasteiger partial charge < -0.3 is 5.32 Å². The number of fused-ring (bicyclic) bond motifs is 1. The molecule has 0 bridgehead atoms. The Morgan fingerprint density at radius 3 is 2.65 bits per heavy atom. The van der Waals surface area contributed by atoms with Crippen molar-refractivity contribution < 1.29 is 8.42 Å². The summed E-state index contributed by atoms with van der Waals surface area (Å²) in [6, 6.07) is 8.90. The van der Waals surface area contributed by atoms with E-state index in [1.807, 2.05) is 18.5 Å². The molecule has 0 saturated heterocycles. The van der Waals surface area contributed by atoms with Crippen molar-refractivity contribution in [2.24, 2.45) is 0 Å². The van der Waals surface area contributed by atoms with E-state index >= 15 is 0 Å². The first kappa shape index (κ1) is 13.6. The third-order valence-corrected chi connectivity index (χ3v) is 6.44. The molecular weight excluding hydrogens is 292 g/mol. The van der Waals surface area contributed by atoms with Crippen LogP contribution < -0.4 is 5.32 Å². The number of thiophene rings is 1. The Bertz CT molecular complexity index is 705. The van der Waals surface area contributed by atoms with Crippen LogP contribution in [0.3, 0.4) is 0 Å². The van der Waals surface area contributed by atoms with Crippen molar-refractivity contribution in [3.8, 4) is 0 Å². The van der Waals surface area contributed by atoms with Gasteiger partial charge in [-0.15, -0.1) is 11.3 Å². The zero-order valence-corrected chi connectivity index (χ0v) is 12.8. The van der Waals surface area contributed by atoms with E-state index in [0.717, 1.165) is 17.7 Å². The van der Waals surface area contributed by atoms with E-state index in [1.54, 1.807) is 39.9 Å². The molecule has 1 aromatic carbocycles. The molecule has 1 N–H and O–H groups in total. The Balaban J connectivity index is 1.88. The second kappa shape index (κ2) is 5.20. The molecule has 0 aliphatic carbocycles. The molecular formula is C14H16N2O2S2. The van der Waals surface area contributed by atoms with E-state index in [-0.39, 0.29) is 0 Å². The lowest BCUT2D eigenvalue weighted by Crippen LogP contribution is -2.35. The molecule has 0 spiro atoms. The minimum absolute atomic E-state index is 0.357. The molecule has 0 fully saturated rings. The zero-order chi connectivity index (χ0) is 14.2. The summed E-state index contributed by atoms with van der Waals surface area (Å²) < 4.78 is 26.8. The van der Waals surface area contributed by atoms with Crippen LogP contribution in [-0.4, -0.2) is 26.3 Å². The lowest BCUT2D eigenvalue weighted by molar-refractivity contribution is 0.394. The van der Waals surface area contributed by atoms with E-state index in [4.69, 9.17) is 0 Å². The van der Waals surface area contributed by atoms with Gasteiger partial charge in [-0.2, -0.15) is 4.31 Å². The standard InChI is InChI=1S/C14H16N2O2S2/c1-15-12-2-4-13(5-3-12)20(17,18)16-8-6-14-11(10-16)7-9-19-14/h2-5,7,9,15H,6,8,10H2,1H3. The second-order valence-electron chi connectivity index (χ2n) is 4.73. The predicted molar refractivity (Wildman–Crippen MR) is 81.6 cm³/mol. The first-order chi connectivity index (χ1) is 9.61. The molecule has 1 aromatic heterocycles. The van der Waals surface area contributed by atoms with Crippen molar-refractivity contribution in [2.45, 2.75) is 17.9 Å². The van der Waals surface area contributed by atoms with Gasteiger partial charge in [0, 0.05) is 30.7 Å². The summed E-state index contributed by atoms with van der Waals surface area (Å²) in [7, 11) is -1.59. The lowest BCUT2D eigenvalue weighted by atomic mass is 10.1. The summed E-state index contributed by atoms with van der Waals surface area (Å²) >= 11 is 1.71. The third-order valence-electron chi connectivity index (χ3n) is 3.55. The normalized spacial score (nSPS) is 15.8. The van der Waals surface area contributed by atoms with Gasteiger partial charge in [0.15, 0.2) is 0 Å². The van der Waals surface area contributed by atoms with E-state index in [1.165, 1.54) is 4.88 Å². The average molecular weight is 308 g/mol. The molecule has 4 nitrogen and oxygen atoms in total. The summed E-state index contributed by atoms with van der Waals surface area (Å²) in [6.45, 7) is 1.04. The highest BCUT2D eigenvalue weighted by molar-refractivity contribution is 7.89. The first-order valence-corrected chi connectivity index (χ1v) is 8.76. The fourth-order valence-corrected chi connectivity index (χ4v) is 4.68. The summed E-state index contributed by atoms with van der Waals surface area (Å²) in [4.78, 5) is 1.66. The highest BCUT2D eigenvalue weighted by atomic mass is 32.2. The third kappa shape index (κ3) is 2.34. The number of rotatable bonds is 3. The highest BCUT2D eigenvalue weighted by Gasteiger charge is 2.28. The van der Waals surface area contributed by atoms with Gasteiger partial charge in [0.1, 0.15) is 0 Å². The van der Waals surface area contributed by atoms with E-state index in [2.05, 4.69) is 5.32 Å². The Morgan fingerprint density at radius 2 is 1.95 bits per heavy atom. The maximum Gasteiger partial charge on any atom is 0.243 e. The Labute approximate surface area is 123 Å². The van der Waals surface area contributed by atoms with Gasteiger partial charge in [-0.05, 0) is 47.7 Å². The average Bonchev–Trinajstić information content (AvgIpc) is 2.94. The van der Waals surface area contributed by atoms with Crippen LogP contribution >= 0.6 is 11.3 Å². The molecule has 1 aliphatic heterocycles. The minimum Gasteiger partial charge on any atom is -0.388 e. The Hall–Kier alpha value is -1.37. The smallest absolute Gasteiger partial charge is 0.243 e. The van der Waals surface area contributed by atoms with Crippen LogP contribution in [0, 0.1) is 0 Å². The zero-order valence-electron chi connectivity index (χ0n) is 11.2. The fourth-order valence-electron chi connectivity index (χ4n) is 2.37. The number of nitrogens with zero attached hydrogens (tertiary/aromatic N) is 1. The maximum atomic E-state index is 12.6. The molecule has 0 unspecified atom stereocenters. The van der Waals surface area contributed by atoms with Gasteiger partial charge in [-0.3, -0.25) is 0 Å². The highest BCUT2D eigenvalue weighted by Crippen LogP contribution is 2.28. The van der Waals surface area contributed by atoms with Crippen LogP contribution in [0.2, 0.25) is 0 Å². The molecule has 0 atom stereocenters. The van der Waals surface area contributed by atoms with Gasteiger partial charge in [0.25, 0.3) is 0 Å². The molecule has 20 heavy (non-hydrogen) atoms. The van der Waals surface area contributed by atoms with Gasteiger partial charge in [-0.1, -0.05) is 0 Å². The number of sulfonamides is 1.